The van der Waals surface area contributed by atoms with Crippen LogP contribution < -0.4 is 0 Å². The second-order valence-corrected chi connectivity index (χ2v) is 5.40. The van der Waals surface area contributed by atoms with Gasteiger partial charge in [0.1, 0.15) is 5.82 Å². The Kier molecular flexibility index (Phi) is 4.44. The lowest BCUT2D eigenvalue weighted by Crippen LogP contribution is -2.48. The van der Waals surface area contributed by atoms with E-state index in [2.05, 4.69) is 9.88 Å². The number of hydrogen-bond donors (Lipinski definition) is 0. The Labute approximate surface area is 129 Å². The number of hydrogen-bond acceptors (Lipinski definition) is 3. The highest BCUT2D eigenvalue weighted by Crippen LogP contribution is 2.11. The molecule has 0 bridgehead atoms. The van der Waals surface area contributed by atoms with E-state index in [0.29, 0.717) is 18.7 Å². The van der Waals surface area contributed by atoms with Crippen LogP contribution in [0.3, 0.4) is 0 Å². The second-order valence-electron chi connectivity index (χ2n) is 5.40. The number of benzene rings is 1. The predicted molar refractivity (Wildman–Crippen MR) is 81.8 cm³/mol. The standard InChI is InChI=1S/C17H18FN3O/c18-15-5-3-4-14(12-15)17(22)21-10-8-20(9-11-21)13-16-6-1-2-7-19-16/h1-7,12H,8-11,13H2. The summed E-state index contributed by atoms with van der Waals surface area (Å²) >= 11 is 0. The van der Waals surface area contributed by atoms with E-state index in [-0.39, 0.29) is 11.7 Å². The third kappa shape index (κ3) is 3.49. The fourth-order valence-corrected chi connectivity index (χ4v) is 2.63. The van der Waals surface area contributed by atoms with Crippen LogP contribution >= 0.6 is 0 Å². The van der Waals surface area contributed by atoms with Gasteiger partial charge in [-0.05, 0) is 30.3 Å². The lowest BCUT2D eigenvalue weighted by molar-refractivity contribution is 0.0626. The summed E-state index contributed by atoms with van der Waals surface area (Å²) in [6, 6.07) is 11.8. The summed E-state index contributed by atoms with van der Waals surface area (Å²) in [7, 11) is 0. The fraction of sp³-hybridized carbons (Fsp3) is 0.294. The predicted octanol–water partition coefficient (Wildman–Crippen LogP) is 2.18. The minimum Gasteiger partial charge on any atom is -0.336 e. The Balaban J connectivity index is 1.56. The molecule has 22 heavy (non-hydrogen) atoms. The van der Waals surface area contributed by atoms with Crippen LogP contribution in [0.25, 0.3) is 0 Å². The van der Waals surface area contributed by atoms with E-state index in [1.165, 1.54) is 12.1 Å². The fourth-order valence-electron chi connectivity index (χ4n) is 2.63. The van der Waals surface area contributed by atoms with Gasteiger partial charge in [0.25, 0.3) is 5.91 Å². The number of carbonyl (C=O) groups is 1. The van der Waals surface area contributed by atoms with E-state index in [1.807, 2.05) is 18.2 Å². The summed E-state index contributed by atoms with van der Waals surface area (Å²) in [5, 5.41) is 0. The van der Waals surface area contributed by atoms with Crippen LogP contribution in [-0.2, 0) is 6.54 Å². The number of amides is 1. The van der Waals surface area contributed by atoms with Crippen molar-refractivity contribution < 1.29 is 9.18 Å². The highest BCUT2D eigenvalue weighted by molar-refractivity contribution is 5.94. The largest absolute Gasteiger partial charge is 0.336 e. The Morgan fingerprint density at radius 1 is 1.09 bits per heavy atom. The third-order valence-electron chi connectivity index (χ3n) is 3.84. The van der Waals surface area contributed by atoms with Crippen molar-refractivity contribution in [2.24, 2.45) is 0 Å². The molecule has 2 aromatic rings. The quantitative estimate of drug-likeness (QED) is 0.871. The van der Waals surface area contributed by atoms with Crippen LogP contribution in [-0.4, -0.2) is 46.9 Å². The average molecular weight is 299 g/mol. The summed E-state index contributed by atoms with van der Waals surface area (Å²) in [6.45, 7) is 3.71. The van der Waals surface area contributed by atoms with Crippen LogP contribution in [0.1, 0.15) is 16.1 Å². The van der Waals surface area contributed by atoms with Gasteiger partial charge in [0.2, 0.25) is 0 Å². The highest BCUT2D eigenvalue weighted by Gasteiger charge is 2.22. The Bertz CT molecular complexity index is 639. The summed E-state index contributed by atoms with van der Waals surface area (Å²) in [5.41, 5.74) is 1.45. The van der Waals surface area contributed by atoms with E-state index < -0.39 is 0 Å². The number of carbonyl (C=O) groups excluding carboxylic acids is 1. The number of pyridine rings is 1. The van der Waals surface area contributed by atoms with Gasteiger partial charge in [0.15, 0.2) is 0 Å². The van der Waals surface area contributed by atoms with E-state index in [0.717, 1.165) is 25.3 Å². The molecule has 5 heteroatoms. The highest BCUT2D eigenvalue weighted by atomic mass is 19.1. The number of piperazine rings is 1. The molecule has 4 nitrogen and oxygen atoms in total. The lowest BCUT2D eigenvalue weighted by Gasteiger charge is -2.34. The van der Waals surface area contributed by atoms with Crippen LogP contribution in [0.5, 0.6) is 0 Å². The van der Waals surface area contributed by atoms with E-state index >= 15 is 0 Å². The topological polar surface area (TPSA) is 36.4 Å². The molecule has 0 radical (unpaired) electrons. The van der Waals surface area contributed by atoms with Crippen molar-refractivity contribution in [3.8, 4) is 0 Å². The van der Waals surface area contributed by atoms with Gasteiger partial charge in [0.05, 0.1) is 5.69 Å². The van der Waals surface area contributed by atoms with Gasteiger partial charge in [-0.2, -0.15) is 0 Å². The van der Waals surface area contributed by atoms with Crippen LogP contribution in [0.2, 0.25) is 0 Å². The molecule has 3 rings (SSSR count). The molecule has 1 amide bonds. The van der Waals surface area contributed by atoms with Crippen molar-refractivity contribution in [1.82, 2.24) is 14.8 Å². The SMILES string of the molecule is O=C(c1cccc(F)c1)N1CCN(Cc2ccccn2)CC1. The van der Waals surface area contributed by atoms with Gasteiger partial charge in [-0.15, -0.1) is 0 Å². The van der Waals surface area contributed by atoms with E-state index in [9.17, 15) is 9.18 Å². The van der Waals surface area contributed by atoms with Crippen molar-refractivity contribution in [2.75, 3.05) is 26.2 Å². The number of rotatable bonds is 3. The summed E-state index contributed by atoms with van der Waals surface area (Å²) < 4.78 is 13.2. The van der Waals surface area contributed by atoms with Crippen molar-refractivity contribution >= 4 is 5.91 Å². The van der Waals surface area contributed by atoms with Gasteiger partial charge in [0, 0.05) is 44.5 Å². The molecule has 1 aliphatic heterocycles. The lowest BCUT2D eigenvalue weighted by atomic mass is 10.1. The van der Waals surface area contributed by atoms with Gasteiger partial charge >= 0.3 is 0 Å². The number of nitrogens with zero attached hydrogens (tertiary/aromatic N) is 3. The molecule has 0 saturated carbocycles. The maximum absolute atomic E-state index is 13.2. The van der Waals surface area contributed by atoms with Gasteiger partial charge in [-0.25, -0.2) is 4.39 Å². The summed E-state index contributed by atoms with van der Waals surface area (Å²) in [5.74, 6) is -0.475. The molecule has 1 fully saturated rings. The minimum atomic E-state index is -0.375. The first-order chi connectivity index (χ1) is 10.7. The maximum Gasteiger partial charge on any atom is 0.254 e. The molecule has 1 aromatic carbocycles. The zero-order chi connectivity index (χ0) is 15.4. The molecule has 0 N–H and O–H groups in total. The monoisotopic (exact) mass is 299 g/mol. The third-order valence-corrected chi connectivity index (χ3v) is 3.84. The Morgan fingerprint density at radius 3 is 2.59 bits per heavy atom. The number of halogens is 1. The van der Waals surface area contributed by atoms with Crippen molar-refractivity contribution in [3.63, 3.8) is 0 Å². The zero-order valence-corrected chi connectivity index (χ0v) is 12.3. The molecule has 0 atom stereocenters. The van der Waals surface area contributed by atoms with Gasteiger partial charge in [-0.1, -0.05) is 12.1 Å². The Morgan fingerprint density at radius 2 is 1.91 bits per heavy atom. The molecule has 2 heterocycles. The molecule has 1 aliphatic rings. The average Bonchev–Trinajstić information content (AvgIpc) is 2.56. The molecule has 1 aromatic heterocycles. The van der Waals surface area contributed by atoms with Crippen molar-refractivity contribution in [3.05, 3.63) is 65.7 Å². The summed E-state index contributed by atoms with van der Waals surface area (Å²) in [4.78, 5) is 20.7. The van der Waals surface area contributed by atoms with Gasteiger partial charge < -0.3 is 4.90 Å². The van der Waals surface area contributed by atoms with Crippen LogP contribution in [0.15, 0.2) is 48.7 Å². The molecular weight excluding hydrogens is 281 g/mol. The maximum atomic E-state index is 13.2. The first kappa shape index (κ1) is 14.7. The zero-order valence-electron chi connectivity index (χ0n) is 12.3. The first-order valence-corrected chi connectivity index (χ1v) is 7.39. The van der Waals surface area contributed by atoms with E-state index in [1.54, 1.807) is 23.2 Å². The molecule has 0 spiro atoms. The second kappa shape index (κ2) is 6.66. The van der Waals surface area contributed by atoms with Crippen LogP contribution in [0, 0.1) is 5.82 Å². The smallest absolute Gasteiger partial charge is 0.254 e. The van der Waals surface area contributed by atoms with E-state index in [4.69, 9.17) is 0 Å². The summed E-state index contributed by atoms with van der Waals surface area (Å²) in [6.07, 6.45) is 1.79. The van der Waals surface area contributed by atoms with Gasteiger partial charge in [-0.3, -0.25) is 14.7 Å². The normalized spacial score (nSPS) is 15.8. The molecule has 0 unspecified atom stereocenters. The van der Waals surface area contributed by atoms with Crippen molar-refractivity contribution in [1.29, 1.82) is 0 Å². The molecular formula is C17H18FN3O. The number of aromatic nitrogens is 1. The Hall–Kier alpha value is -2.27. The van der Waals surface area contributed by atoms with Crippen molar-refractivity contribution in [2.45, 2.75) is 6.54 Å². The first-order valence-electron chi connectivity index (χ1n) is 7.39. The molecule has 114 valence electrons. The molecule has 1 saturated heterocycles. The minimum absolute atomic E-state index is 0.100. The molecule has 0 aliphatic carbocycles. The van der Waals surface area contributed by atoms with Crippen LogP contribution in [0.4, 0.5) is 4.39 Å².